The Kier molecular flexibility index (Phi) is 7.09. The van der Waals surface area contributed by atoms with Gasteiger partial charge in [-0.05, 0) is 73.0 Å². The van der Waals surface area contributed by atoms with Crippen molar-refractivity contribution in [1.82, 2.24) is 15.0 Å². The summed E-state index contributed by atoms with van der Waals surface area (Å²) in [5.74, 6) is 0.814. The first-order chi connectivity index (χ1) is 18.0. The van der Waals surface area contributed by atoms with Crippen LogP contribution in [0.25, 0.3) is 11.3 Å². The molecule has 0 bridgehead atoms. The van der Waals surface area contributed by atoms with Crippen LogP contribution in [0.5, 0.6) is 0 Å². The molecule has 1 saturated heterocycles. The van der Waals surface area contributed by atoms with E-state index in [1.165, 1.54) is 0 Å². The zero-order valence-electron chi connectivity index (χ0n) is 21.1. The van der Waals surface area contributed by atoms with Gasteiger partial charge in [0.2, 0.25) is 5.95 Å². The van der Waals surface area contributed by atoms with Gasteiger partial charge in [-0.15, -0.1) is 0 Å². The molecule has 37 heavy (non-hydrogen) atoms. The number of aryl methyl sites for hydroxylation is 1. The molecule has 2 unspecified atom stereocenters. The molecule has 1 amide bonds. The van der Waals surface area contributed by atoms with Crippen molar-refractivity contribution in [1.29, 1.82) is 0 Å². The molecule has 4 aromatic rings. The third-order valence-corrected chi connectivity index (χ3v) is 6.29. The van der Waals surface area contributed by atoms with E-state index >= 15 is 0 Å². The van der Waals surface area contributed by atoms with Gasteiger partial charge < -0.3 is 20.7 Å². The van der Waals surface area contributed by atoms with Crippen LogP contribution in [-0.4, -0.2) is 39.6 Å². The van der Waals surface area contributed by atoms with Gasteiger partial charge in [-0.2, -0.15) is 0 Å². The molecule has 0 saturated carbocycles. The molecule has 0 spiro atoms. The van der Waals surface area contributed by atoms with Crippen molar-refractivity contribution >= 4 is 28.9 Å². The largest absolute Gasteiger partial charge is 0.382 e. The Hall–Kier alpha value is -4.30. The highest BCUT2D eigenvalue weighted by Gasteiger charge is 2.40. The smallest absolute Gasteiger partial charge is 0.255 e. The van der Waals surface area contributed by atoms with E-state index < -0.39 is 0 Å². The van der Waals surface area contributed by atoms with Crippen LogP contribution in [0.3, 0.4) is 0 Å². The van der Waals surface area contributed by atoms with E-state index in [0.29, 0.717) is 29.2 Å². The van der Waals surface area contributed by atoms with Crippen LogP contribution < -0.4 is 16.0 Å². The second-order valence-electron chi connectivity index (χ2n) is 9.46. The first kappa shape index (κ1) is 24.4. The number of benzene rings is 2. The monoisotopic (exact) mass is 494 g/mol. The highest BCUT2D eigenvalue weighted by molar-refractivity contribution is 6.04. The Balaban J connectivity index is 1.22. The van der Waals surface area contributed by atoms with Crippen molar-refractivity contribution in [2.75, 3.05) is 22.5 Å². The lowest BCUT2D eigenvalue weighted by Gasteiger charge is -2.12. The Morgan fingerprint density at radius 1 is 1.03 bits per heavy atom. The fraction of sp³-hybridized carbons (Fsp3) is 0.241. The summed E-state index contributed by atoms with van der Waals surface area (Å²) in [4.78, 5) is 26.0. The summed E-state index contributed by atoms with van der Waals surface area (Å²) in [7, 11) is 0. The molecule has 2 atom stereocenters. The molecule has 3 N–H and O–H groups in total. The Labute approximate surface area is 216 Å². The lowest BCUT2D eigenvalue weighted by atomic mass is 10.1. The number of ether oxygens (including phenoxy) is 1. The summed E-state index contributed by atoms with van der Waals surface area (Å²) in [5.41, 5.74) is 5.71. The normalized spacial score (nSPS) is 16.3. The number of epoxide rings is 1. The van der Waals surface area contributed by atoms with Crippen molar-refractivity contribution in [3.05, 3.63) is 90.4 Å². The number of nitrogens with zero attached hydrogens (tertiary/aromatic N) is 3. The number of carbonyl (C=O) groups is 1. The molecule has 0 aliphatic carbocycles. The lowest BCUT2D eigenvalue weighted by Crippen LogP contribution is -2.14. The molecular weight excluding hydrogens is 464 g/mol. The summed E-state index contributed by atoms with van der Waals surface area (Å²) in [6.45, 7) is 7.09. The fourth-order valence-corrected chi connectivity index (χ4v) is 4.12. The van der Waals surface area contributed by atoms with Crippen LogP contribution in [0, 0.1) is 12.8 Å². The molecule has 8 nitrogen and oxygen atoms in total. The lowest BCUT2D eigenvalue weighted by molar-refractivity contribution is 0.102. The minimum atomic E-state index is -0.179. The molecule has 2 aromatic heterocycles. The van der Waals surface area contributed by atoms with E-state index in [1.54, 1.807) is 18.6 Å². The molecule has 2 aromatic carbocycles. The second kappa shape index (κ2) is 10.8. The number of rotatable bonds is 9. The zero-order valence-corrected chi connectivity index (χ0v) is 21.1. The minimum absolute atomic E-state index is 0.179. The summed E-state index contributed by atoms with van der Waals surface area (Å²) in [5, 5.41) is 9.63. The van der Waals surface area contributed by atoms with E-state index in [0.717, 1.165) is 34.7 Å². The predicted octanol–water partition coefficient (Wildman–Crippen LogP) is 5.68. The SMILES string of the molecule is Cc1ccc(NC(=O)c2ccc(NCC3OC3C(C)C)cc2)cc1Nc1nccc(-c2cccnc2)n1. The van der Waals surface area contributed by atoms with Crippen LogP contribution in [-0.2, 0) is 4.74 Å². The van der Waals surface area contributed by atoms with Gasteiger partial charge in [-0.1, -0.05) is 19.9 Å². The molecule has 3 heterocycles. The summed E-state index contributed by atoms with van der Waals surface area (Å²) >= 11 is 0. The number of hydrogen-bond donors (Lipinski definition) is 3. The second-order valence-corrected chi connectivity index (χ2v) is 9.46. The van der Waals surface area contributed by atoms with Gasteiger partial charge in [-0.25, -0.2) is 9.97 Å². The predicted molar refractivity (Wildman–Crippen MR) is 146 cm³/mol. The maximum atomic E-state index is 12.9. The van der Waals surface area contributed by atoms with Crippen molar-refractivity contribution in [2.45, 2.75) is 33.0 Å². The maximum Gasteiger partial charge on any atom is 0.255 e. The number of carbonyl (C=O) groups excluding carboxylic acids is 1. The van der Waals surface area contributed by atoms with Gasteiger partial charge in [0.25, 0.3) is 5.91 Å². The number of aromatic nitrogens is 3. The van der Waals surface area contributed by atoms with Crippen LogP contribution in [0.4, 0.5) is 23.0 Å². The maximum absolute atomic E-state index is 12.9. The molecule has 1 fully saturated rings. The third kappa shape index (κ3) is 6.10. The average molecular weight is 495 g/mol. The first-order valence-corrected chi connectivity index (χ1v) is 12.4. The minimum Gasteiger partial charge on any atom is -0.382 e. The van der Waals surface area contributed by atoms with E-state index in [2.05, 4.69) is 44.7 Å². The highest BCUT2D eigenvalue weighted by Crippen LogP contribution is 2.29. The van der Waals surface area contributed by atoms with Gasteiger partial charge in [0.15, 0.2) is 0 Å². The molecule has 188 valence electrons. The van der Waals surface area contributed by atoms with Gasteiger partial charge >= 0.3 is 0 Å². The van der Waals surface area contributed by atoms with Crippen LogP contribution in [0.1, 0.15) is 29.8 Å². The molecule has 5 rings (SSSR count). The number of pyridine rings is 1. The number of anilines is 4. The fourth-order valence-electron chi connectivity index (χ4n) is 4.12. The van der Waals surface area contributed by atoms with Gasteiger partial charge in [-0.3, -0.25) is 9.78 Å². The first-order valence-electron chi connectivity index (χ1n) is 12.4. The standard InChI is InChI=1S/C29H30N6O2/c1-18(2)27-26(37-27)17-32-22-10-7-20(8-11-22)28(36)33-23-9-6-19(3)25(15-23)35-29-31-14-12-24(34-29)21-5-4-13-30-16-21/h4-16,18,26-27,32H,17H2,1-3H3,(H,33,36)(H,31,34,35). The van der Waals surface area contributed by atoms with Crippen LogP contribution >= 0.6 is 0 Å². The number of nitrogens with one attached hydrogen (secondary N) is 3. The van der Waals surface area contributed by atoms with E-state index in [1.807, 2.05) is 67.6 Å². The Bertz CT molecular complexity index is 1380. The van der Waals surface area contributed by atoms with Gasteiger partial charge in [0, 0.05) is 53.3 Å². The zero-order chi connectivity index (χ0) is 25.8. The highest BCUT2D eigenvalue weighted by atomic mass is 16.6. The molecule has 8 heteroatoms. The number of amides is 1. The Morgan fingerprint density at radius 3 is 2.57 bits per heavy atom. The van der Waals surface area contributed by atoms with Crippen molar-refractivity contribution < 1.29 is 9.53 Å². The summed E-state index contributed by atoms with van der Waals surface area (Å²) < 4.78 is 5.67. The quantitative estimate of drug-likeness (QED) is 0.257. The van der Waals surface area contributed by atoms with Crippen LogP contribution in [0.15, 0.2) is 79.3 Å². The van der Waals surface area contributed by atoms with E-state index in [-0.39, 0.29) is 12.0 Å². The van der Waals surface area contributed by atoms with Gasteiger partial charge in [0.05, 0.1) is 11.8 Å². The topological polar surface area (TPSA) is 104 Å². The van der Waals surface area contributed by atoms with Crippen molar-refractivity contribution in [3.8, 4) is 11.3 Å². The summed E-state index contributed by atoms with van der Waals surface area (Å²) in [6, 6.07) is 18.8. The van der Waals surface area contributed by atoms with E-state index in [4.69, 9.17) is 4.74 Å². The van der Waals surface area contributed by atoms with Crippen molar-refractivity contribution in [3.63, 3.8) is 0 Å². The van der Waals surface area contributed by atoms with Crippen molar-refractivity contribution in [2.24, 2.45) is 5.92 Å². The van der Waals surface area contributed by atoms with E-state index in [9.17, 15) is 4.79 Å². The third-order valence-electron chi connectivity index (χ3n) is 6.29. The molecule has 0 radical (unpaired) electrons. The number of hydrogen-bond acceptors (Lipinski definition) is 7. The molecular formula is C29H30N6O2. The molecule has 1 aliphatic rings. The Morgan fingerprint density at radius 2 is 1.84 bits per heavy atom. The molecule has 1 aliphatic heterocycles. The average Bonchev–Trinajstić information content (AvgIpc) is 3.71. The van der Waals surface area contributed by atoms with Crippen LogP contribution in [0.2, 0.25) is 0 Å². The van der Waals surface area contributed by atoms with Gasteiger partial charge in [0.1, 0.15) is 6.10 Å². The summed E-state index contributed by atoms with van der Waals surface area (Å²) in [6.07, 6.45) is 5.79.